The number of fused-ring (bicyclic) bond motifs is 2. The Kier molecular flexibility index (Phi) is 2.84. The van der Waals surface area contributed by atoms with Crippen molar-refractivity contribution in [1.29, 1.82) is 0 Å². The number of aromatic amines is 2. The van der Waals surface area contributed by atoms with Crippen LogP contribution < -0.4 is 5.56 Å². The van der Waals surface area contributed by atoms with Crippen LogP contribution in [0.1, 0.15) is 0 Å². The van der Waals surface area contributed by atoms with Gasteiger partial charge in [0.05, 0.1) is 23.7 Å². The molecule has 0 radical (unpaired) electrons. The van der Waals surface area contributed by atoms with Crippen molar-refractivity contribution in [3.63, 3.8) is 0 Å². The normalized spacial score (nSPS) is 11.4. The zero-order valence-corrected chi connectivity index (χ0v) is 13.1. The van der Waals surface area contributed by atoms with Gasteiger partial charge in [-0.15, -0.1) is 0 Å². The van der Waals surface area contributed by atoms with Crippen molar-refractivity contribution in [2.45, 2.75) is 0 Å². The number of H-pyrrole nitrogens is 2. The van der Waals surface area contributed by atoms with Crippen LogP contribution >= 0.6 is 0 Å². The highest BCUT2D eigenvalue weighted by atomic mass is 16.1. The maximum absolute atomic E-state index is 12.5. The maximum Gasteiger partial charge on any atom is 0.275 e. The fraction of sp³-hybridized carbons (Fsp3) is 0. The summed E-state index contributed by atoms with van der Waals surface area (Å²) in [7, 11) is 0. The molecule has 0 aliphatic carbocycles. The highest BCUT2D eigenvalue weighted by molar-refractivity contribution is 5.95. The average Bonchev–Trinajstić information content (AvgIpc) is 3.27. The molecule has 2 aromatic carbocycles. The molecule has 0 saturated heterocycles. The minimum atomic E-state index is -0.166. The quantitative estimate of drug-likeness (QED) is 0.522. The fourth-order valence-electron chi connectivity index (χ4n) is 3.17. The summed E-state index contributed by atoms with van der Waals surface area (Å²) in [4.78, 5) is 27.0. The molecule has 5 aromatic rings. The Morgan fingerprint density at radius 1 is 0.920 bits per heavy atom. The van der Waals surface area contributed by atoms with Crippen LogP contribution in [0.15, 0.2) is 72.2 Å². The molecule has 25 heavy (non-hydrogen) atoms. The third kappa shape index (κ3) is 2.08. The van der Waals surface area contributed by atoms with Gasteiger partial charge in [-0.2, -0.15) is 0 Å². The van der Waals surface area contributed by atoms with Crippen molar-refractivity contribution >= 4 is 22.1 Å². The molecule has 120 valence electrons. The van der Waals surface area contributed by atoms with Gasteiger partial charge in [-0.3, -0.25) is 4.79 Å². The van der Waals surface area contributed by atoms with Crippen LogP contribution in [0.2, 0.25) is 0 Å². The zero-order valence-electron chi connectivity index (χ0n) is 13.1. The van der Waals surface area contributed by atoms with Crippen molar-refractivity contribution in [2.24, 2.45) is 0 Å². The number of nitrogens with one attached hydrogen (secondary N) is 2. The summed E-state index contributed by atoms with van der Waals surface area (Å²) in [6, 6.07) is 15.8. The minimum Gasteiger partial charge on any atom is -0.345 e. The van der Waals surface area contributed by atoms with E-state index in [0.29, 0.717) is 11.0 Å². The number of para-hydroxylation sites is 1. The topological polar surface area (TPSA) is 79.4 Å². The number of benzene rings is 2. The van der Waals surface area contributed by atoms with Crippen molar-refractivity contribution in [3.05, 3.63) is 77.7 Å². The molecule has 0 spiro atoms. The molecule has 0 fully saturated rings. The summed E-state index contributed by atoms with van der Waals surface area (Å²) in [5, 5.41) is 0. The molecule has 3 heterocycles. The van der Waals surface area contributed by atoms with E-state index in [1.54, 1.807) is 6.33 Å². The van der Waals surface area contributed by atoms with Crippen LogP contribution in [-0.4, -0.2) is 24.5 Å². The van der Waals surface area contributed by atoms with Crippen LogP contribution in [-0.2, 0) is 0 Å². The first-order valence-electron chi connectivity index (χ1n) is 7.89. The highest BCUT2D eigenvalue weighted by Gasteiger charge is 2.16. The lowest BCUT2D eigenvalue weighted by Gasteiger charge is -2.03. The summed E-state index contributed by atoms with van der Waals surface area (Å²) < 4.78 is 1.88. The summed E-state index contributed by atoms with van der Waals surface area (Å²) >= 11 is 0. The van der Waals surface area contributed by atoms with Gasteiger partial charge in [0.15, 0.2) is 0 Å². The second-order valence-electron chi connectivity index (χ2n) is 5.81. The van der Waals surface area contributed by atoms with Crippen LogP contribution in [0.25, 0.3) is 38.9 Å². The summed E-state index contributed by atoms with van der Waals surface area (Å²) in [5.74, 6) is 0. The molecular weight excluding hydrogens is 314 g/mol. The van der Waals surface area contributed by atoms with E-state index in [0.717, 1.165) is 27.8 Å². The summed E-state index contributed by atoms with van der Waals surface area (Å²) in [6.07, 6.45) is 5.07. The largest absolute Gasteiger partial charge is 0.345 e. The smallest absolute Gasteiger partial charge is 0.275 e. The molecule has 5 rings (SSSR count). The monoisotopic (exact) mass is 327 g/mol. The zero-order chi connectivity index (χ0) is 16.8. The summed E-state index contributed by atoms with van der Waals surface area (Å²) in [5.41, 5.74) is 5.67. The first kappa shape index (κ1) is 13.7. The first-order chi connectivity index (χ1) is 12.3. The number of imidazole rings is 1. The van der Waals surface area contributed by atoms with Crippen LogP contribution in [0.4, 0.5) is 0 Å². The first-order valence-corrected chi connectivity index (χ1v) is 7.89. The molecule has 0 aliphatic heterocycles. The Balaban J connectivity index is 1.84. The molecule has 2 N–H and O–H groups in total. The molecule has 3 aromatic heterocycles. The van der Waals surface area contributed by atoms with Crippen LogP contribution in [0.5, 0.6) is 0 Å². The van der Waals surface area contributed by atoms with Gasteiger partial charge < -0.3 is 14.5 Å². The molecule has 0 bridgehead atoms. The van der Waals surface area contributed by atoms with E-state index in [4.69, 9.17) is 0 Å². The standard InChI is InChI=1S/C19H13N5O/c25-19-18-17(22-11-23-19)14(9-24(18)13-4-2-1-3-5-13)12-6-7-15-16(8-12)21-10-20-15/h1-11H,(H,20,21)(H,22,23,25). The Morgan fingerprint density at radius 3 is 2.64 bits per heavy atom. The lowest BCUT2D eigenvalue weighted by atomic mass is 10.1. The van der Waals surface area contributed by atoms with Crippen molar-refractivity contribution in [3.8, 4) is 16.8 Å². The molecule has 0 aliphatic rings. The van der Waals surface area contributed by atoms with Gasteiger partial charge in [0.2, 0.25) is 0 Å². The molecular formula is C19H13N5O. The Labute approximate surface area is 141 Å². The van der Waals surface area contributed by atoms with Crippen molar-refractivity contribution < 1.29 is 0 Å². The van der Waals surface area contributed by atoms with E-state index in [9.17, 15) is 4.79 Å². The number of rotatable bonds is 2. The van der Waals surface area contributed by atoms with E-state index < -0.39 is 0 Å². The second-order valence-corrected chi connectivity index (χ2v) is 5.81. The van der Waals surface area contributed by atoms with E-state index in [1.165, 1.54) is 6.33 Å². The van der Waals surface area contributed by atoms with Gasteiger partial charge in [0.1, 0.15) is 11.0 Å². The second kappa shape index (κ2) is 5.17. The molecule has 0 amide bonds. The summed E-state index contributed by atoms with van der Waals surface area (Å²) in [6.45, 7) is 0. The lowest BCUT2D eigenvalue weighted by Crippen LogP contribution is -2.09. The minimum absolute atomic E-state index is 0.166. The van der Waals surface area contributed by atoms with Crippen molar-refractivity contribution in [2.75, 3.05) is 0 Å². The average molecular weight is 327 g/mol. The van der Waals surface area contributed by atoms with Gasteiger partial charge in [-0.05, 0) is 29.8 Å². The third-order valence-electron chi connectivity index (χ3n) is 4.35. The Morgan fingerprint density at radius 2 is 1.76 bits per heavy atom. The number of nitrogens with zero attached hydrogens (tertiary/aromatic N) is 3. The van der Waals surface area contributed by atoms with Crippen LogP contribution in [0.3, 0.4) is 0 Å². The van der Waals surface area contributed by atoms with Gasteiger partial charge in [-0.25, -0.2) is 9.97 Å². The van der Waals surface area contributed by atoms with Gasteiger partial charge in [-0.1, -0.05) is 24.3 Å². The molecule has 0 saturated carbocycles. The lowest BCUT2D eigenvalue weighted by molar-refractivity contribution is 1.08. The Hall–Kier alpha value is -3.67. The molecule has 6 nitrogen and oxygen atoms in total. The molecule has 0 unspecified atom stereocenters. The van der Waals surface area contributed by atoms with Gasteiger partial charge in [0.25, 0.3) is 5.56 Å². The SMILES string of the molecule is O=c1[nH]cnc2c(-c3ccc4[nH]cnc4c3)cn(-c3ccccc3)c12. The molecule has 0 atom stereocenters. The fourth-order valence-corrected chi connectivity index (χ4v) is 3.17. The maximum atomic E-state index is 12.5. The van der Waals surface area contributed by atoms with E-state index >= 15 is 0 Å². The number of aromatic nitrogens is 5. The van der Waals surface area contributed by atoms with E-state index in [2.05, 4.69) is 19.9 Å². The van der Waals surface area contributed by atoms with Gasteiger partial charge >= 0.3 is 0 Å². The van der Waals surface area contributed by atoms with Crippen molar-refractivity contribution in [1.82, 2.24) is 24.5 Å². The number of hydrogen-bond donors (Lipinski definition) is 2. The van der Waals surface area contributed by atoms with Crippen LogP contribution in [0, 0.1) is 0 Å². The Bertz CT molecular complexity index is 1260. The highest BCUT2D eigenvalue weighted by Crippen LogP contribution is 2.30. The predicted octanol–water partition coefficient (Wildman–Crippen LogP) is 3.26. The third-order valence-corrected chi connectivity index (χ3v) is 4.35. The predicted molar refractivity (Wildman–Crippen MR) is 96.8 cm³/mol. The van der Waals surface area contributed by atoms with Gasteiger partial charge in [0, 0.05) is 17.4 Å². The van der Waals surface area contributed by atoms with E-state index in [1.807, 2.05) is 59.3 Å². The number of hydrogen-bond acceptors (Lipinski definition) is 3. The van der Waals surface area contributed by atoms with E-state index in [-0.39, 0.29) is 5.56 Å². The molecule has 6 heteroatoms.